The maximum Gasteiger partial charge on any atom is 0.253 e. The van der Waals surface area contributed by atoms with Gasteiger partial charge in [0.25, 0.3) is 5.56 Å². The summed E-state index contributed by atoms with van der Waals surface area (Å²) in [5.41, 5.74) is 2.16. The van der Waals surface area contributed by atoms with Gasteiger partial charge in [0, 0.05) is 12.6 Å². The fraction of sp³-hybridized carbons (Fsp3) is 0.188. The molecule has 0 unspecified atom stereocenters. The fourth-order valence-electron chi connectivity index (χ4n) is 2.05. The molecule has 3 aromatic rings. The van der Waals surface area contributed by atoms with E-state index >= 15 is 0 Å². The molecule has 0 bridgehead atoms. The van der Waals surface area contributed by atoms with Gasteiger partial charge in [0.1, 0.15) is 10.4 Å². The first kappa shape index (κ1) is 16.5. The number of hydrogen-bond acceptors (Lipinski definition) is 6. The quantitative estimate of drug-likeness (QED) is 0.607. The molecule has 3 N–H and O–H groups in total. The monoisotopic (exact) mass is 361 g/mol. The summed E-state index contributed by atoms with van der Waals surface area (Å²) in [6, 6.07) is 9.09. The number of rotatable bonds is 5. The summed E-state index contributed by atoms with van der Waals surface area (Å²) in [5, 5.41) is 12.6. The largest absolute Gasteiger partial charge is 0.506 e. The first-order chi connectivity index (χ1) is 11.5. The number of amides is 1. The minimum Gasteiger partial charge on any atom is -0.506 e. The van der Waals surface area contributed by atoms with E-state index in [2.05, 4.69) is 15.3 Å². The molecule has 1 aromatic carbocycles. The van der Waals surface area contributed by atoms with Crippen molar-refractivity contribution in [2.75, 3.05) is 5.75 Å². The van der Waals surface area contributed by atoms with E-state index in [1.807, 2.05) is 31.2 Å². The van der Waals surface area contributed by atoms with Crippen molar-refractivity contribution in [3.8, 4) is 5.75 Å². The van der Waals surface area contributed by atoms with Crippen molar-refractivity contribution < 1.29 is 9.90 Å². The number of hydrogen-bond donors (Lipinski definition) is 3. The minimum atomic E-state index is -0.405. The summed E-state index contributed by atoms with van der Waals surface area (Å²) < 4.78 is 1.13. The molecule has 0 fully saturated rings. The van der Waals surface area contributed by atoms with E-state index in [1.54, 1.807) is 0 Å². The van der Waals surface area contributed by atoms with Gasteiger partial charge in [0.2, 0.25) is 5.91 Å². The Morgan fingerprint density at radius 1 is 1.38 bits per heavy atom. The van der Waals surface area contributed by atoms with E-state index in [4.69, 9.17) is 0 Å². The number of aryl methyl sites for hydroxylation is 1. The lowest BCUT2D eigenvalue weighted by molar-refractivity contribution is -0.118. The molecule has 124 valence electrons. The number of aromatic hydroxyl groups is 1. The number of carbonyl (C=O) groups is 1. The lowest BCUT2D eigenvalue weighted by Gasteiger charge is -2.04. The summed E-state index contributed by atoms with van der Waals surface area (Å²) in [6.07, 6.45) is 0. The Bertz CT molecular complexity index is 932. The smallest absolute Gasteiger partial charge is 0.253 e. The molecule has 0 saturated carbocycles. The van der Waals surface area contributed by atoms with Crippen LogP contribution in [0.3, 0.4) is 0 Å². The average Bonchev–Trinajstić information content (AvgIpc) is 2.95. The van der Waals surface area contributed by atoms with Crippen LogP contribution in [-0.2, 0) is 11.3 Å². The average molecular weight is 361 g/mol. The molecule has 0 aliphatic carbocycles. The second-order valence-corrected chi connectivity index (χ2v) is 7.45. The van der Waals surface area contributed by atoms with Gasteiger partial charge in [-0.1, -0.05) is 41.6 Å². The predicted molar refractivity (Wildman–Crippen MR) is 95.7 cm³/mol. The van der Waals surface area contributed by atoms with E-state index in [-0.39, 0.29) is 17.4 Å². The zero-order chi connectivity index (χ0) is 17.1. The van der Waals surface area contributed by atoms with Gasteiger partial charge < -0.3 is 15.4 Å². The molecule has 6 nitrogen and oxygen atoms in total. The number of thiazole rings is 1. The molecule has 24 heavy (non-hydrogen) atoms. The second-order valence-electron chi connectivity index (χ2n) is 5.23. The van der Waals surface area contributed by atoms with Crippen molar-refractivity contribution in [3.05, 3.63) is 51.8 Å². The maximum atomic E-state index is 11.9. The zero-order valence-electron chi connectivity index (χ0n) is 12.8. The molecule has 0 spiro atoms. The third-order valence-corrected chi connectivity index (χ3v) is 5.51. The molecule has 0 radical (unpaired) electrons. The van der Waals surface area contributed by atoms with Gasteiger partial charge in [-0.05, 0) is 12.5 Å². The van der Waals surface area contributed by atoms with Crippen LogP contribution in [0.2, 0.25) is 0 Å². The van der Waals surface area contributed by atoms with Gasteiger partial charge in [0.05, 0.1) is 5.75 Å². The summed E-state index contributed by atoms with van der Waals surface area (Å²) in [6.45, 7) is 2.50. The van der Waals surface area contributed by atoms with Crippen molar-refractivity contribution in [1.29, 1.82) is 0 Å². The summed E-state index contributed by atoms with van der Waals surface area (Å²) in [4.78, 5) is 30.0. The molecular weight excluding hydrogens is 346 g/mol. The lowest BCUT2D eigenvalue weighted by Crippen LogP contribution is -2.24. The number of H-pyrrole nitrogens is 1. The van der Waals surface area contributed by atoms with Crippen molar-refractivity contribution in [1.82, 2.24) is 15.3 Å². The molecule has 3 rings (SSSR count). The Morgan fingerprint density at radius 2 is 2.12 bits per heavy atom. The molecule has 2 aromatic heterocycles. The third kappa shape index (κ3) is 3.95. The van der Waals surface area contributed by atoms with E-state index in [0.717, 1.165) is 11.6 Å². The number of carbonyl (C=O) groups excluding carboxylic acids is 1. The van der Waals surface area contributed by atoms with Crippen LogP contribution in [0.1, 0.15) is 11.1 Å². The van der Waals surface area contributed by atoms with Gasteiger partial charge in [0.15, 0.2) is 9.99 Å². The normalized spacial score (nSPS) is 10.9. The number of aromatic nitrogens is 2. The molecule has 1 amide bonds. The number of nitrogens with one attached hydrogen (secondary N) is 2. The van der Waals surface area contributed by atoms with Crippen molar-refractivity contribution >= 4 is 39.4 Å². The van der Waals surface area contributed by atoms with Crippen molar-refractivity contribution in [3.63, 3.8) is 0 Å². The van der Waals surface area contributed by atoms with Crippen LogP contribution in [0.15, 0.2) is 39.5 Å². The highest BCUT2D eigenvalue weighted by Gasteiger charge is 2.11. The highest BCUT2D eigenvalue weighted by Crippen LogP contribution is 2.32. The SMILES string of the molecule is Cc1ccc(CNC(=O)CSc2nc3[nH]c(=O)cc(O)c3s2)cc1. The van der Waals surface area contributed by atoms with Crippen LogP contribution in [0.25, 0.3) is 10.3 Å². The Balaban J connectivity index is 1.57. The number of aromatic amines is 1. The first-order valence-corrected chi connectivity index (χ1v) is 8.99. The predicted octanol–water partition coefficient (Wildman–Crippen LogP) is 2.41. The molecule has 8 heteroatoms. The van der Waals surface area contributed by atoms with Crippen LogP contribution >= 0.6 is 23.1 Å². The second kappa shape index (κ2) is 7.06. The van der Waals surface area contributed by atoms with Crippen LogP contribution in [0.5, 0.6) is 5.75 Å². The Hall–Kier alpha value is -2.32. The van der Waals surface area contributed by atoms with E-state index in [1.165, 1.54) is 28.7 Å². The molecule has 0 aliphatic rings. The molecule has 2 heterocycles. The number of thioether (sulfide) groups is 1. The van der Waals surface area contributed by atoms with Crippen LogP contribution in [0.4, 0.5) is 0 Å². The van der Waals surface area contributed by atoms with Gasteiger partial charge >= 0.3 is 0 Å². The number of nitrogens with zero attached hydrogens (tertiary/aromatic N) is 1. The maximum absolute atomic E-state index is 11.9. The van der Waals surface area contributed by atoms with Gasteiger partial charge in [-0.2, -0.15) is 0 Å². The first-order valence-electron chi connectivity index (χ1n) is 7.19. The minimum absolute atomic E-state index is 0.0954. The van der Waals surface area contributed by atoms with Gasteiger partial charge in [-0.15, -0.1) is 11.3 Å². The molecule has 0 atom stereocenters. The van der Waals surface area contributed by atoms with Crippen LogP contribution in [-0.4, -0.2) is 26.7 Å². The Morgan fingerprint density at radius 3 is 2.88 bits per heavy atom. The van der Waals surface area contributed by atoms with E-state index < -0.39 is 5.56 Å². The zero-order valence-corrected chi connectivity index (χ0v) is 14.5. The van der Waals surface area contributed by atoms with E-state index in [0.29, 0.717) is 21.2 Å². The number of benzene rings is 1. The summed E-state index contributed by atoms with van der Waals surface area (Å²) >= 11 is 2.51. The molecule has 0 saturated heterocycles. The highest BCUT2D eigenvalue weighted by molar-refractivity contribution is 8.01. The Labute approximate surface area is 145 Å². The van der Waals surface area contributed by atoms with Gasteiger partial charge in [-0.25, -0.2) is 4.98 Å². The Kier molecular flexibility index (Phi) is 4.86. The lowest BCUT2D eigenvalue weighted by atomic mass is 10.1. The fourth-order valence-corrected chi connectivity index (χ4v) is 3.89. The van der Waals surface area contributed by atoms with E-state index in [9.17, 15) is 14.7 Å². The molecular formula is C16H15N3O3S2. The van der Waals surface area contributed by atoms with Crippen molar-refractivity contribution in [2.45, 2.75) is 17.8 Å². The third-order valence-electron chi connectivity index (χ3n) is 3.29. The highest BCUT2D eigenvalue weighted by atomic mass is 32.2. The van der Waals surface area contributed by atoms with Crippen molar-refractivity contribution in [2.24, 2.45) is 0 Å². The standard InChI is InChI=1S/C16H15N3O3S2/c1-9-2-4-10(5-3-9)7-17-13(22)8-23-16-19-15-14(24-16)11(20)6-12(21)18-15/h2-6H,7-8H2,1H3,(H,17,22)(H2,18,20,21). The summed E-state index contributed by atoms with van der Waals surface area (Å²) in [7, 11) is 0. The number of pyridine rings is 1. The number of fused-ring (bicyclic) bond motifs is 1. The summed E-state index contributed by atoms with van der Waals surface area (Å²) in [5.74, 6) is 0.0240. The van der Waals surface area contributed by atoms with Gasteiger partial charge in [-0.3, -0.25) is 9.59 Å². The molecule has 0 aliphatic heterocycles. The van der Waals surface area contributed by atoms with Crippen LogP contribution < -0.4 is 10.9 Å². The topological polar surface area (TPSA) is 95.1 Å². The van der Waals surface area contributed by atoms with Crippen LogP contribution in [0, 0.1) is 6.92 Å².